The second kappa shape index (κ2) is 7.94. The molecule has 0 spiro atoms. The van der Waals surface area contributed by atoms with Crippen LogP contribution in [0, 0.1) is 23.5 Å². The number of carbonyl (C=O) groups is 2. The van der Waals surface area contributed by atoms with Crippen molar-refractivity contribution in [1.29, 1.82) is 0 Å². The Morgan fingerprint density at radius 3 is 2.79 bits per heavy atom. The lowest BCUT2D eigenvalue weighted by Crippen LogP contribution is -2.49. The smallest absolute Gasteiger partial charge is 0.317 e. The average Bonchev–Trinajstić information content (AvgIpc) is 2.52. The van der Waals surface area contributed by atoms with Gasteiger partial charge in [0.15, 0.2) is 11.6 Å². The molecule has 2 unspecified atom stereocenters. The van der Waals surface area contributed by atoms with Gasteiger partial charge in [0.05, 0.1) is 12.5 Å². The van der Waals surface area contributed by atoms with E-state index in [1.807, 2.05) is 0 Å². The molecule has 0 radical (unpaired) electrons. The standard InChI is InChI=1S/C16H20F2N2O4/c1-10-9-20(6-4-12(10)15(21)22)16(23)19-5-7-24-14-3-2-11(17)8-13(14)18/h2-3,8,10,12H,4-7,9H2,1H3,(H,19,23)(H,21,22). The number of ether oxygens (including phenoxy) is 1. The van der Waals surface area contributed by atoms with E-state index >= 15 is 0 Å². The van der Waals surface area contributed by atoms with E-state index in [2.05, 4.69) is 5.32 Å². The molecule has 0 aromatic heterocycles. The maximum atomic E-state index is 13.4. The van der Waals surface area contributed by atoms with E-state index in [9.17, 15) is 18.4 Å². The fraction of sp³-hybridized carbons (Fsp3) is 0.500. The van der Waals surface area contributed by atoms with Gasteiger partial charge in [-0.25, -0.2) is 13.6 Å². The largest absolute Gasteiger partial charge is 0.489 e. The molecule has 1 aromatic carbocycles. The van der Waals surface area contributed by atoms with Gasteiger partial charge >= 0.3 is 12.0 Å². The van der Waals surface area contributed by atoms with Crippen LogP contribution in [0.25, 0.3) is 0 Å². The first-order chi connectivity index (χ1) is 11.4. The molecule has 8 heteroatoms. The summed E-state index contributed by atoms with van der Waals surface area (Å²) in [6, 6.07) is 2.69. The predicted molar refractivity (Wildman–Crippen MR) is 81.7 cm³/mol. The summed E-state index contributed by atoms with van der Waals surface area (Å²) in [5.41, 5.74) is 0. The molecule has 2 amide bonds. The SMILES string of the molecule is CC1CN(C(=O)NCCOc2ccc(F)cc2F)CCC1C(=O)O. The van der Waals surface area contributed by atoms with Crippen molar-refractivity contribution in [2.24, 2.45) is 11.8 Å². The highest BCUT2D eigenvalue weighted by atomic mass is 19.1. The quantitative estimate of drug-likeness (QED) is 0.803. The summed E-state index contributed by atoms with van der Waals surface area (Å²) in [6.45, 7) is 2.74. The van der Waals surface area contributed by atoms with Gasteiger partial charge in [-0.2, -0.15) is 0 Å². The van der Waals surface area contributed by atoms with Crippen molar-refractivity contribution in [3.05, 3.63) is 29.8 Å². The Bertz CT molecular complexity index is 612. The lowest BCUT2D eigenvalue weighted by atomic mass is 9.87. The van der Waals surface area contributed by atoms with Gasteiger partial charge in [0, 0.05) is 19.2 Å². The molecular weight excluding hydrogens is 322 g/mol. The number of benzene rings is 1. The summed E-state index contributed by atoms with van der Waals surface area (Å²) in [4.78, 5) is 24.6. The first-order valence-corrected chi connectivity index (χ1v) is 7.72. The highest BCUT2D eigenvalue weighted by molar-refractivity contribution is 5.75. The number of rotatable bonds is 5. The van der Waals surface area contributed by atoms with Crippen LogP contribution in [0.5, 0.6) is 5.75 Å². The number of nitrogens with one attached hydrogen (secondary N) is 1. The zero-order valence-electron chi connectivity index (χ0n) is 13.3. The van der Waals surface area contributed by atoms with E-state index in [0.29, 0.717) is 19.5 Å². The average molecular weight is 342 g/mol. The first kappa shape index (κ1) is 18.0. The van der Waals surface area contributed by atoms with Crippen molar-refractivity contribution in [3.63, 3.8) is 0 Å². The number of nitrogens with zero attached hydrogens (tertiary/aromatic N) is 1. The van der Waals surface area contributed by atoms with Crippen molar-refractivity contribution >= 4 is 12.0 Å². The number of carboxylic acid groups (broad SMARTS) is 1. The molecular formula is C16H20F2N2O4. The molecule has 2 atom stereocenters. The lowest BCUT2D eigenvalue weighted by Gasteiger charge is -2.34. The number of carboxylic acids is 1. The third-order valence-corrected chi connectivity index (χ3v) is 4.04. The maximum Gasteiger partial charge on any atom is 0.317 e. The summed E-state index contributed by atoms with van der Waals surface area (Å²) in [5.74, 6) is -2.96. The molecule has 1 aliphatic rings. The lowest BCUT2D eigenvalue weighted by molar-refractivity contribution is -0.145. The highest BCUT2D eigenvalue weighted by Crippen LogP contribution is 2.23. The number of halogens is 2. The Hall–Kier alpha value is -2.38. The number of hydrogen-bond acceptors (Lipinski definition) is 3. The van der Waals surface area contributed by atoms with E-state index in [0.717, 1.165) is 12.1 Å². The number of carbonyl (C=O) groups excluding carboxylic acids is 1. The number of likely N-dealkylation sites (tertiary alicyclic amines) is 1. The second-order valence-corrected chi connectivity index (χ2v) is 5.81. The zero-order valence-corrected chi connectivity index (χ0v) is 13.3. The third kappa shape index (κ3) is 4.56. The molecule has 132 valence electrons. The van der Waals surface area contributed by atoms with Gasteiger partial charge < -0.3 is 20.1 Å². The van der Waals surface area contributed by atoms with Gasteiger partial charge in [-0.15, -0.1) is 0 Å². The zero-order chi connectivity index (χ0) is 17.7. The van der Waals surface area contributed by atoms with Crippen LogP contribution in [0.1, 0.15) is 13.3 Å². The molecule has 2 N–H and O–H groups in total. The van der Waals surface area contributed by atoms with Crippen LogP contribution < -0.4 is 10.1 Å². The molecule has 6 nitrogen and oxygen atoms in total. The summed E-state index contributed by atoms with van der Waals surface area (Å²) in [6.07, 6.45) is 0.418. The van der Waals surface area contributed by atoms with Gasteiger partial charge in [-0.1, -0.05) is 6.92 Å². The van der Waals surface area contributed by atoms with Crippen molar-refractivity contribution < 1.29 is 28.2 Å². The van der Waals surface area contributed by atoms with Crippen LogP contribution in [-0.4, -0.2) is 48.2 Å². The van der Waals surface area contributed by atoms with Crippen LogP contribution >= 0.6 is 0 Å². The number of hydrogen-bond donors (Lipinski definition) is 2. The van der Waals surface area contributed by atoms with Gasteiger partial charge in [0.1, 0.15) is 12.4 Å². The Labute approximate surface area is 138 Å². The molecule has 1 heterocycles. The minimum Gasteiger partial charge on any atom is -0.489 e. The fourth-order valence-electron chi connectivity index (χ4n) is 2.72. The van der Waals surface area contributed by atoms with Crippen molar-refractivity contribution in [2.75, 3.05) is 26.2 Å². The van der Waals surface area contributed by atoms with E-state index in [4.69, 9.17) is 9.84 Å². The normalized spacial score (nSPS) is 20.5. The van der Waals surface area contributed by atoms with Crippen LogP contribution in [0.4, 0.5) is 13.6 Å². The highest BCUT2D eigenvalue weighted by Gasteiger charge is 2.32. The topological polar surface area (TPSA) is 78.9 Å². The molecule has 1 aromatic rings. The van der Waals surface area contributed by atoms with Crippen LogP contribution in [0.3, 0.4) is 0 Å². The van der Waals surface area contributed by atoms with E-state index in [1.54, 1.807) is 11.8 Å². The molecule has 24 heavy (non-hydrogen) atoms. The van der Waals surface area contributed by atoms with Gasteiger partial charge in [0.25, 0.3) is 0 Å². The van der Waals surface area contributed by atoms with Crippen LogP contribution in [0.15, 0.2) is 18.2 Å². The minimum atomic E-state index is -0.836. The molecule has 1 fully saturated rings. The molecule has 1 aliphatic heterocycles. The second-order valence-electron chi connectivity index (χ2n) is 5.81. The van der Waals surface area contributed by atoms with Crippen LogP contribution in [0.2, 0.25) is 0 Å². The molecule has 0 bridgehead atoms. The molecule has 1 saturated heterocycles. The Morgan fingerprint density at radius 1 is 1.42 bits per heavy atom. The predicted octanol–water partition coefficient (Wildman–Crippen LogP) is 2.10. The first-order valence-electron chi connectivity index (χ1n) is 7.72. The van der Waals surface area contributed by atoms with Crippen molar-refractivity contribution in [2.45, 2.75) is 13.3 Å². The maximum absolute atomic E-state index is 13.4. The van der Waals surface area contributed by atoms with Crippen LogP contribution in [-0.2, 0) is 4.79 Å². The summed E-state index contributed by atoms with van der Waals surface area (Å²) in [7, 11) is 0. The molecule has 2 rings (SSSR count). The number of urea groups is 1. The van der Waals surface area contributed by atoms with Crippen molar-refractivity contribution in [3.8, 4) is 5.75 Å². The van der Waals surface area contributed by atoms with Gasteiger partial charge in [0.2, 0.25) is 0 Å². The summed E-state index contributed by atoms with van der Waals surface area (Å²) in [5, 5.41) is 11.7. The van der Waals surface area contributed by atoms with E-state index in [-0.39, 0.29) is 30.9 Å². The van der Waals surface area contributed by atoms with Gasteiger partial charge in [-0.05, 0) is 24.5 Å². The summed E-state index contributed by atoms with van der Waals surface area (Å²) >= 11 is 0. The Kier molecular flexibility index (Phi) is 5.94. The Morgan fingerprint density at radius 2 is 2.17 bits per heavy atom. The Balaban J connectivity index is 1.73. The number of amides is 2. The summed E-state index contributed by atoms with van der Waals surface area (Å²) < 4.78 is 31.3. The van der Waals surface area contributed by atoms with E-state index in [1.165, 1.54) is 6.07 Å². The fourth-order valence-corrected chi connectivity index (χ4v) is 2.72. The van der Waals surface area contributed by atoms with E-state index < -0.39 is 23.5 Å². The molecule has 0 saturated carbocycles. The number of piperidine rings is 1. The molecule has 0 aliphatic carbocycles. The number of aliphatic carboxylic acids is 1. The van der Waals surface area contributed by atoms with Gasteiger partial charge in [-0.3, -0.25) is 4.79 Å². The van der Waals surface area contributed by atoms with Crippen molar-refractivity contribution in [1.82, 2.24) is 10.2 Å². The monoisotopic (exact) mass is 342 g/mol. The third-order valence-electron chi connectivity index (χ3n) is 4.04. The minimum absolute atomic E-state index is 0.0371.